The normalized spacial score (nSPS) is 12.6. The molecule has 0 bridgehead atoms. The van der Waals surface area contributed by atoms with Crippen LogP contribution in [0.25, 0.3) is 10.9 Å². The van der Waals surface area contributed by atoms with Gasteiger partial charge in [0, 0.05) is 43.0 Å². The maximum atomic E-state index is 13.4. The van der Waals surface area contributed by atoms with Crippen LogP contribution in [0.1, 0.15) is 34.6 Å². The van der Waals surface area contributed by atoms with Crippen LogP contribution in [0.5, 0.6) is 0 Å². The molecule has 3 nitrogen and oxygen atoms in total. The highest BCUT2D eigenvalue weighted by Crippen LogP contribution is 2.37. The average molecular weight is 436 g/mol. The summed E-state index contributed by atoms with van der Waals surface area (Å²) in [6, 6.07) is 22.5. The summed E-state index contributed by atoms with van der Waals surface area (Å²) < 4.78 is 42.1. The molecule has 1 heterocycles. The van der Waals surface area contributed by atoms with Crippen molar-refractivity contribution in [3.05, 3.63) is 107 Å². The number of para-hydroxylation sites is 1. The minimum atomic E-state index is -4.45. The molecule has 1 aromatic heterocycles. The molecule has 6 heteroatoms. The van der Waals surface area contributed by atoms with E-state index in [1.165, 1.54) is 6.07 Å². The van der Waals surface area contributed by atoms with Gasteiger partial charge in [0.15, 0.2) is 0 Å². The molecule has 32 heavy (non-hydrogen) atoms. The number of benzene rings is 3. The number of carbonyl (C=O) groups excluding carboxylic acids is 1. The van der Waals surface area contributed by atoms with Crippen LogP contribution >= 0.6 is 0 Å². The predicted molar refractivity (Wildman–Crippen MR) is 119 cm³/mol. The molecule has 0 saturated carbocycles. The van der Waals surface area contributed by atoms with Crippen LogP contribution in [0, 0.1) is 0 Å². The Labute approximate surface area is 184 Å². The molecular weight excluding hydrogens is 413 g/mol. The van der Waals surface area contributed by atoms with Crippen molar-refractivity contribution in [1.82, 2.24) is 9.88 Å². The number of hydrogen-bond acceptors (Lipinski definition) is 1. The van der Waals surface area contributed by atoms with E-state index in [1.54, 1.807) is 6.07 Å². The zero-order chi connectivity index (χ0) is 22.7. The fourth-order valence-corrected chi connectivity index (χ4v) is 4.04. The number of aromatic nitrogens is 1. The number of alkyl halides is 3. The lowest BCUT2D eigenvalue weighted by Crippen LogP contribution is -2.25. The number of carbonyl (C=O) groups is 1. The van der Waals surface area contributed by atoms with Crippen LogP contribution in [-0.4, -0.2) is 10.5 Å². The van der Waals surface area contributed by atoms with Crippen molar-refractivity contribution in [2.24, 2.45) is 7.05 Å². The highest BCUT2D eigenvalue weighted by atomic mass is 19.4. The first-order valence-electron chi connectivity index (χ1n) is 10.3. The van der Waals surface area contributed by atoms with E-state index in [2.05, 4.69) is 5.32 Å². The predicted octanol–water partition coefficient (Wildman–Crippen LogP) is 6.04. The summed E-state index contributed by atoms with van der Waals surface area (Å²) in [7, 11) is 1.89. The lowest BCUT2D eigenvalue weighted by atomic mass is 9.87. The molecule has 1 N–H and O–H groups in total. The first kappa shape index (κ1) is 21.7. The fraction of sp³-hybridized carbons (Fsp3) is 0.192. The van der Waals surface area contributed by atoms with Crippen molar-refractivity contribution in [3.63, 3.8) is 0 Å². The Morgan fingerprint density at radius 1 is 0.969 bits per heavy atom. The number of nitrogens with one attached hydrogen (secondary N) is 1. The minimum Gasteiger partial charge on any atom is -0.352 e. The van der Waals surface area contributed by atoms with Gasteiger partial charge < -0.3 is 9.88 Å². The molecule has 0 aliphatic rings. The second kappa shape index (κ2) is 8.91. The van der Waals surface area contributed by atoms with Crippen LogP contribution in [0.3, 0.4) is 0 Å². The van der Waals surface area contributed by atoms with E-state index in [9.17, 15) is 18.0 Å². The number of rotatable bonds is 6. The zero-order valence-corrected chi connectivity index (χ0v) is 17.6. The maximum absolute atomic E-state index is 13.4. The molecule has 0 saturated heterocycles. The van der Waals surface area contributed by atoms with E-state index in [-0.39, 0.29) is 12.3 Å². The Kier molecular flexibility index (Phi) is 6.04. The number of halogens is 3. The van der Waals surface area contributed by atoms with Crippen molar-refractivity contribution in [2.75, 3.05) is 0 Å². The van der Waals surface area contributed by atoms with Crippen molar-refractivity contribution < 1.29 is 18.0 Å². The Morgan fingerprint density at radius 2 is 1.69 bits per heavy atom. The summed E-state index contributed by atoms with van der Waals surface area (Å²) in [5, 5.41) is 3.83. The van der Waals surface area contributed by atoms with E-state index in [1.807, 2.05) is 72.4 Å². The molecule has 0 aliphatic heterocycles. The molecule has 4 rings (SSSR count). The van der Waals surface area contributed by atoms with Crippen LogP contribution in [-0.2, 0) is 24.6 Å². The van der Waals surface area contributed by atoms with E-state index in [0.29, 0.717) is 12.1 Å². The lowest BCUT2D eigenvalue weighted by Gasteiger charge is -2.19. The van der Waals surface area contributed by atoms with E-state index >= 15 is 0 Å². The van der Waals surface area contributed by atoms with Gasteiger partial charge >= 0.3 is 6.18 Å². The van der Waals surface area contributed by atoms with Crippen LogP contribution in [0.4, 0.5) is 13.2 Å². The molecule has 0 radical (unpaired) electrons. The number of hydrogen-bond donors (Lipinski definition) is 1. The monoisotopic (exact) mass is 436 g/mol. The first-order valence-corrected chi connectivity index (χ1v) is 10.3. The van der Waals surface area contributed by atoms with Crippen LogP contribution in [0.15, 0.2) is 85.1 Å². The Morgan fingerprint density at radius 3 is 2.44 bits per heavy atom. The first-order chi connectivity index (χ1) is 15.3. The lowest BCUT2D eigenvalue weighted by molar-refractivity contribution is -0.137. The van der Waals surface area contributed by atoms with Gasteiger partial charge in [-0.1, -0.05) is 66.7 Å². The Bertz CT molecular complexity index is 1230. The van der Waals surface area contributed by atoms with Gasteiger partial charge in [0.05, 0.1) is 5.56 Å². The molecule has 4 aromatic rings. The van der Waals surface area contributed by atoms with Crippen molar-refractivity contribution in [2.45, 2.75) is 25.1 Å². The highest BCUT2D eigenvalue weighted by Gasteiger charge is 2.32. The quantitative estimate of drug-likeness (QED) is 0.393. The molecule has 0 aliphatic carbocycles. The van der Waals surface area contributed by atoms with Gasteiger partial charge in [-0.15, -0.1) is 0 Å². The van der Waals surface area contributed by atoms with Gasteiger partial charge in [0.2, 0.25) is 5.91 Å². The van der Waals surface area contributed by atoms with Gasteiger partial charge in [-0.2, -0.15) is 13.2 Å². The summed E-state index contributed by atoms with van der Waals surface area (Å²) in [4.78, 5) is 12.9. The van der Waals surface area contributed by atoms with Crippen LogP contribution < -0.4 is 5.32 Å². The Hall–Kier alpha value is -3.54. The van der Waals surface area contributed by atoms with E-state index in [4.69, 9.17) is 0 Å². The molecule has 0 spiro atoms. The van der Waals surface area contributed by atoms with Crippen molar-refractivity contribution in [3.8, 4) is 0 Å². The zero-order valence-electron chi connectivity index (χ0n) is 17.6. The molecule has 3 aromatic carbocycles. The molecular formula is C26H23F3N2O. The maximum Gasteiger partial charge on any atom is 0.416 e. The van der Waals surface area contributed by atoms with E-state index in [0.717, 1.165) is 34.2 Å². The summed E-state index contributed by atoms with van der Waals surface area (Å²) in [6.45, 7) is 0.366. The summed E-state index contributed by atoms with van der Waals surface area (Å²) >= 11 is 0. The van der Waals surface area contributed by atoms with Gasteiger partial charge in [-0.25, -0.2) is 0 Å². The second-order valence-corrected chi connectivity index (χ2v) is 7.85. The molecule has 1 atom stereocenters. The summed E-state index contributed by atoms with van der Waals surface area (Å²) in [6.07, 6.45) is -2.50. The molecule has 1 amide bonds. The topological polar surface area (TPSA) is 34.0 Å². The average Bonchev–Trinajstić information content (AvgIpc) is 3.13. The molecule has 0 fully saturated rings. The third-order valence-electron chi connectivity index (χ3n) is 5.64. The highest BCUT2D eigenvalue weighted by molar-refractivity contribution is 5.86. The van der Waals surface area contributed by atoms with Crippen molar-refractivity contribution in [1.29, 1.82) is 0 Å². The fourth-order valence-electron chi connectivity index (χ4n) is 4.04. The number of aryl methyl sites for hydroxylation is 1. The van der Waals surface area contributed by atoms with Gasteiger partial charge in [0.1, 0.15) is 0 Å². The summed E-state index contributed by atoms with van der Waals surface area (Å²) in [5.74, 6) is -0.733. The van der Waals surface area contributed by atoms with Gasteiger partial charge in [0.25, 0.3) is 0 Å². The van der Waals surface area contributed by atoms with Gasteiger partial charge in [-0.05, 0) is 28.8 Å². The second-order valence-electron chi connectivity index (χ2n) is 7.85. The van der Waals surface area contributed by atoms with Crippen LogP contribution in [0.2, 0.25) is 0 Å². The number of amides is 1. The Balaban J connectivity index is 1.69. The number of fused-ring (bicyclic) bond motifs is 1. The van der Waals surface area contributed by atoms with E-state index < -0.39 is 17.7 Å². The largest absolute Gasteiger partial charge is 0.416 e. The SMILES string of the molecule is Cn1cc(C(CC(=O)NCc2ccccc2)c2cccc(C(F)(F)F)c2)c2ccccc21. The molecule has 164 valence electrons. The third-order valence-corrected chi connectivity index (χ3v) is 5.64. The summed E-state index contributed by atoms with van der Waals surface area (Å²) in [5.41, 5.74) is 2.50. The van der Waals surface area contributed by atoms with Gasteiger partial charge in [-0.3, -0.25) is 4.79 Å². The number of nitrogens with zero attached hydrogens (tertiary/aromatic N) is 1. The standard InChI is InChI=1S/C26H23F3N2O/c1-31-17-23(21-12-5-6-13-24(21)31)22(19-10-7-11-20(14-19)26(27,28)29)15-25(32)30-16-18-8-3-2-4-9-18/h2-14,17,22H,15-16H2,1H3,(H,30,32). The van der Waals surface area contributed by atoms with Crippen molar-refractivity contribution >= 4 is 16.8 Å². The smallest absolute Gasteiger partial charge is 0.352 e. The third kappa shape index (κ3) is 4.69. The minimum absolute atomic E-state index is 0.0438. The molecule has 1 unspecified atom stereocenters.